The molecule has 0 spiro atoms. The zero-order valence-electron chi connectivity index (χ0n) is 8.03. The first kappa shape index (κ1) is 8.80. The first-order valence-corrected chi connectivity index (χ1v) is 4.72. The van der Waals surface area contributed by atoms with Crippen LogP contribution in [0.3, 0.4) is 0 Å². The number of allylic oxidation sites excluding steroid dienone is 1. The molecule has 2 aromatic rings. The maximum atomic E-state index is 3.56. The Kier molecular flexibility index (Phi) is 2.48. The maximum absolute atomic E-state index is 3.56. The molecule has 68 valence electrons. The summed E-state index contributed by atoms with van der Waals surface area (Å²) in [5, 5.41) is 2.58. The second-order valence-electron chi connectivity index (χ2n) is 3.29. The number of hydrogen-bond donors (Lipinski definition) is 0. The van der Waals surface area contributed by atoms with Gasteiger partial charge in [0.25, 0.3) is 0 Å². The fourth-order valence-corrected chi connectivity index (χ4v) is 1.56. The van der Waals surface area contributed by atoms with Gasteiger partial charge in [-0.25, -0.2) is 0 Å². The van der Waals surface area contributed by atoms with E-state index in [2.05, 4.69) is 54.8 Å². The zero-order chi connectivity index (χ0) is 9.80. The Hall–Kier alpha value is -1.78. The second-order valence-corrected chi connectivity index (χ2v) is 3.29. The molecule has 0 unspecified atom stereocenters. The summed E-state index contributed by atoms with van der Waals surface area (Å²) in [6.45, 7) is 3.56. The van der Waals surface area contributed by atoms with E-state index in [1.54, 1.807) is 0 Å². The van der Waals surface area contributed by atoms with Crippen LogP contribution in [0.2, 0.25) is 0 Å². The van der Waals surface area contributed by atoms with Crippen LogP contribution < -0.4 is 0 Å². The van der Waals surface area contributed by atoms with E-state index >= 15 is 0 Å². The fourth-order valence-electron chi connectivity index (χ4n) is 1.56. The Morgan fingerprint density at radius 3 is 2.64 bits per heavy atom. The third-order valence-corrected chi connectivity index (χ3v) is 2.30. The smallest absolute Gasteiger partial charge is 0.00212 e. The van der Waals surface area contributed by atoms with Crippen molar-refractivity contribution in [3.05, 3.63) is 66.4 Å². The molecule has 0 radical (unpaired) electrons. The molecule has 0 bridgehead atoms. The van der Waals surface area contributed by atoms with Gasteiger partial charge in [-0.1, -0.05) is 49.0 Å². The molecule has 0 aliphatic rings. The van der Waals surface area contributed by atoms with Gasteiger partial charge >= 0.3 is 0 Å². The second kappa shape index (κ2) is 3.95. The maximum Gasteiger partial charge on any atom is -0.00212 e. The average Bonchev–Trinajstić information content (AvgIpc) is 2.26. The van der Waals surface area contributed by atoms with E-state index in [9.17, 15) is 0 Å². The van der Waals surface area contributed by atoms with E-state index in [-0.39, 0.29) is 0 Å². The highest BCUT2D eigenvalue weighted by Gasteiger charge is 1.93. The van der Waals surface area contributed by atoms with Gasteiger partial charge in [0.05, 0.1) is 0 Å². The molecule has 0 N–H and O–H groups in total. The third-order valence-electron chi connectivity index (χ3n) is 2.30. The van der Waals surface area contributed by atoms with Crippen LogP contribution in [-0.2, 0) is 6.42 Å². The van der Waals surface area contributed by atoms with Gasteiger partial charge in [0, 0.05) is 0 Å². The molecule has 0 amide bonds. The van der Waals surface area contributed by atoms with Gasteiger partial charge in [0.15, 0.2) is 0 Å². The molecule has 0 aliphatic carbocycles. The van der Waals surface area contributed by atoms with Gasteiger partial charge in [0.2, 0.25) is 0 Å². The number of fused-ring (bicyclic) bond motifs is 1. The standard InChI is InChI=1S/C14H12/c1-2-3-6-12-9-10-13-7-4-5-8-14(13)11-12/h3-5,7-11H,1,6H2. The SMILES string of the molecule is C=C=CCc1ccc2ccccc2c1. The lowest BCUT2D eigenvalue weighted by Crippen LogP contribution is -1.80. The van der Waals surface area contributed by atoms with E-state index in [0.29, 0.717) is 0 Å². The van der Waals surface area contributed by atoms with Crippen LogP contribution in [0.5, 0.6) is 0 Å². The van der Waals surface area contributed by atoms with E-state index < -0.39 is 0 Å². The molecule has 0 heterocycles. The summed E-state index contributed by atoms with van der Waals surface area (Å²) >= 11 is 0. The molecular weight excluding hydrogens is 168 g/mol. The predicted octanol–water partition coefficient (Wildman–Crippen LogP) is 3.72. The minimum absolute atomic E-state index is 0.911. The summed E-state index contributed by atoms with van der Waals surface area (Å²) < 4.78 is 0. The van der Waals surface area contributed by atoms with Crippen LogP contribution in [-0.4, -0.2) is 0 Å². The molecule has 0 aromatic heterocycles. The Morgan fingerprint density at radius 1 is 1.07 bits per heavy atom. The van der Waals surface area contributed by atoms with Crippen molar-refractivity contribution in [2.45, 2.75) is 6.42 Å². The molecule has 0 aliphatic heterocycles. The molecule has 0 nitrogen and oxygen atoms in total. The number of hydrogen-bond acceptors (Lipinski definition) is 0. The van der Waals surface area contributed by atoms with Crippen LogP contribution in [0.15, 0.2) is 60.9 Å². The van der Waals surface area contributed by atoms with Crippen molar-refractivity contribution in [2.75, 3.05) is 0 Å². The van der Waals surface area contributed by atoms with Crippen LogP contribution >= 0.6 is 0 Å². The molecule has 14 heavy (non-hydrogen) atoms. The van der Waals surface area contributed by atoms with Gasteiger partial charge < -0.3 is 0 Å². The quantitative estimate of drug-likeness (QED) is 0.618. The highest BCUT2D eigenvalue weighted by molar-refractivity contribution is 5.83. The van der Waals surface area contributed by atoms with Crippen LogP contribution in [0, 0.1) is 0 Å². The normalized spacial score (nSPS) is 9.71. The highest BCUT2D eigenvalue weighted by Crippen LogP contribution is 2.15. The Labute approximate surface area is 84.2 Å². The third kappa shape index (κ3) is 1.76. The molecule has 0 saturated heterocycles. The molecule has 0 heteroatoms. The van der Waals surface area contributed by atoms with Gasteiger partial charge in [-0.3, -0.25) is 0 Å². The largest absolute Gasteiger partial charge is 0.133 e. The van der Waals surface area contributed by atoms with E-state index in [1.807, 2.05) is 6.08 Å². The van der Waals surface area contributed by atoms with E-state index in [4.69, 9.17) is 0 Å². The lowest BCUT2D eigenvalue weighted by Gasteiger charge is -2.00. The molecule has 0 atom stereocenters. The highest BCUT2D eigenvalue weighted by atomic mass is 14.0. The van der Waals surface area contributed by atoms with Gasteiger partial charge in [-0.2, -0.15) is 0 Å². The molecule has 2 rings (SSSR count). The van der Waals surface area contributed by atoms with Crippen molar-refractivity contribution in [1.82, 2.24) is 0 Å². The summed E-state index contributed by atoms with van der Waals surface area (Å²) in [5.41, 5.74) is 4.09. The Balaban J connectivity index is 2.45. The van der Waals surface area contributed by atoms with Crippen LogP contribution in [0.4, 0.5) is 0 Å². The van der Waals surface area contributed by atoms with E-state index in [0.717, 1.165) is 6.42 Å². The summed E-state index contributed by atoms with van der Waals surface area (Å²) in [4.78, 5) is 0. The van der Waals surface area contributed by atoms with Gasteiger partial charge in [-0.15, -0.1) is 5.73 Å². The first-order chi connectivity index (χ1) is 6.90. The number of benzene rings is 2. The Morgan fingerprint density at radius 2 is 1.86 bits per heavy atom. The zero-order valence-corrected chi connectivity index (χ0v) is 8.03. The molecule has 0 fully saturated rings. The van der Waals surface area contributed by atoms with Crippen molar-refractivity contribution >= 4 is 10.8 Å². The van der Waals surface area contributed by atoms with E-state index in [1.165, 1.54) is 16.3 Å². The molecule has 2 aromatic carbocycles. The van der Waals surface area contributed by atoms with Crippen molar-refractivity contribution in [3.8, 4) is 0 Å². The summed E-state index contributed by atoms with van der Waals surface area (Å²) in [6, 6.07) is 14.9. The minimum Gasteiger partial charge on any atom is -0.133 e. The minimum atomic E-state index is 0.911. The van der Waals surface area contributed by atoms with Crippen LogP contribution in [0.25, 0.3) is 10.8 Å². The van der Waals surface area contributed by atoms with Crippen molar-refractivity contribution in [2.24, 2.45) is 0 Å². The molecular formula is C14H12. The number of rotatable bonds is 2. The van der Waals surface area contributed by atoms with Gasteiger partial charge in [0.1, 0.15) is 0 Å². The lowest BCUT2D eigenvalue weighted by atomic mass is 10.1. The predicted molar refractivity (Wildman–Crippen MR) is 61.4 cm³/mol. The summed E-state index contributed by atoms with van der Waals surface area (Å²) in [6.07, 6.45) is 2.86. The van der Waals surface area contributed by atoms with Crippen molar-refractivity contribution in [1.29, 1.82) is 0 Å². The lowest BCUT2D eigenvalue weighted by molar-refractivity contribution is 1.29. The summed E-state index contributed by atoms with van der Waals surface area (Å²) in [5.74, 6) is 0. The molecule has 0 saturated carbocycles. The fraction of sp³-hybridized carbons (Fsp3) is 0.0714. The van der Waals surface area contributed by atoms with Crippen LogP contribution in [0.1, 0.15) is 5.56 Å². The average molecular weight is 180 g/mol. The monoisotopic (exact) mass is 180 g/mol. The van der Waals surface area contributed by atoms with Crippen molar-refractivity contribution < 1.29 is 0 Å². The summed E-state index contributed by atoms with van der Waals surface area (Å²) in [7, 11) is 0. The van der Waals surface area contributed by atoms with Crippen molar-refractivity contribution in [3.63, 3.8) is 0 Å². The first-order valence-electron chi connectivity index (χ1n) is 4.72. The topological polar surface area (TPSA) is 0 Å². The van der Waals surface area contributed by atoms with Gasteiger partial charge in [-0.05, 0) is 28.8 Å². The Bertz CT molecular complexity index is 488.